The van der Waals surface area contributed by atoms with Gasteiger partial charge in [0.1, 0.15) is 38.3 Å². The lowest BCUT2D eigenvalue weighted by Crippen LogP contribution is -2.36. The Balaban J connectivity index is 0.000000168. The number of para-hydroxylation sites is 7. The zero-order valence-corrected chi connectivity index (χ0v) is 61.0. The van der Waals surface area contributed by atoms with Crippen molar-refractivity contribution in [3.8, 4) is 0 Å². The maximum Gasteiger partial charge on any atom is 0.253 e. The Morgan fingerprint density at radius 2 is 0.798 bits per heavy atom. The average molecular weight is 1480 g/mol. The quantitative estimate of drug-likeness (QED) is 0.0184. The predicted octanol–water partition coefficient (Wildman–Crippen LogP) is 8.63. The van der Waals surface area contributed by atoms with Crippen LogP contribution < -0.4 is 35.7 Å². The van der Waals surface area contributed by atoms with Crippen LogP contribution in [0.4, 0.5) is 22.7 Å². The number of aliphatic hydroxyl groups is 5. The second-order valence-electron chi connectivity index (χ2n) is 25.2. The molecule has 0 aliphatic heterocycles. The molecule has 4 aromatic heterocycles. The Hall–Kier alpha value is -12.4. The van der Waals surface area contributed by atoms with Crippen LogP contribution in [0.25, 0.3) is 43.7 Å². The minimum Gasteiger partial charge on any atom is -0.395 e. The van der Waals surface area contributed by atoms with Gasteiger partial charge < -0.3 is 74.0 Å². The normalized spacial score (nSPS) is 10.8. The Bertz CT molecular complexity index is 5000. The average Bonchev–Trinajstić information content (AvgIpc) is 1.68. The number of hydroxylamine groups is 1. The van der Waals surface area contributed by atoms with Crippen LogP contribution in [0.1, 0.15) is 39.9 Å². The third kappa shape index (κ3) is 21.5. The van der Waals surface area contributed by atoms with Gasteiger partial charge in [-0.3, -0.25) is 44.2 Å². The molecule has 0 saturated carbocycles. The number of aryl methyl sites for hydroxylation is 2. The summed E-state index contributed by atoms with van der Waals surface area (Å²) < 4.78 is 7.40. The zero-order chi connectivity index (χ0) is 77.6. The highest BCUT2D eigenvalue weighted by atomic mass is 16.5. The van der Waals surface area contributed by atoms with Gasteiger partial charge in [0.05, 0.1) is 43.8 Å². The molecule has 0 aliphatic carbocycles. The molecule has 0 spiro atoms. The smallest absolute Gasteiger partial charge is 0.253 e. The maximum absolute atomic E-state index is 13.0. The van der Waals surface area contributed by atoms with Gasteiger partial charge in [-0.25, -0.2) is 4.98 Å². The number of fused-ring (bicyclic) bond motifs is 4. The predicted molar refractivity (Wildman–Crippen MR) is 423 cm³/mol. The van der Waals surface area contributed by atoms with Crippen molar-refractivity contribution in [2.75, 3.05) is 92.9 Å². The number of nitrogens with zero attached hydrogens (tertiary/aromatic N) is 9. The van der Waals surface area contributed by atoms with Gasteiger partial charge in [0.2, 0.25) is 29.5 Å². The Kier molecular flexibility index (Phi) is 30.3. The van der Waals surface area contributed by atoms with Crippen LogP contribution >= 0.6 is 0 Å². The molecule has 0 atom stereocenters. The first-order valence-corrected chi connectivity index (χ1v) is 35.7. The molecule has 8 aromatic carbocycles. The van der Waals surface area contributed by atoms with Gasteiger partial charge >= 0.3 is 0 Å². The van der Waals surface area contributed by atoms with Crippen molar-refractivity contribution in [1.29, 1.82) is 0 Å². The number of rotatable bonds is 31. The van der Waals surface area contributed by atoms with Gasteiger partial charge in [-0.1, -0.05) is 134 Å². The van der Waals surface area contributed by atoms with Crippen molar-refractivity contribution in [2.45, 2.75) is 58.3 Å². The topological polar surface area (TPSA) is 323 Å². The van der Waals surface area contributed by atoms with Gasteiger partial charge in [0.25, 0.3) is 5.91 Å². The number of nitrogens with one attached hydrogen (secondary N) is 3. The van der Waals surface area contributed by atoms with Crippen LogP contribution in [-0.2, 0) is 74.2 Å². The first kappa shape index (κ1) is 80.7. The van der Waals surface area contributed by atoms with E-state index < -0.39 is 6.61 Å². The summed E-state index contributed by atoms with van der Waals surface area (Å²) in [6.07, 6.45) is 9.59. The molecule has 109 heavy (non-hydrogen) atoms. The lowest BCUT2D eigenvalue weighted by molar-refractivity contribution is -0.122. The molecule has 9 N–H and O–H groups in total. The van der Waals surface area contributed by atoms with E-state index in [0.717, 1.165) is 72.1 Å². The number of Topliss-reactive ketones (excluding diaryl/α,β-unsaturated/α-hetero) is 1. The number of ketones is 1. The van der Waals surface area contributed by atoms with E-state index in [1.165, 1.54) is 4.90 Å². The molecular formula is C84H92N12O13. The third-order valence-corrected chi connectivity index (χ3v) is 18.1. The lowest BCUT2D eigenvalue weighted by Gasteiger charge is -2.22. The summed E-state index contributed by atoms with van der Waals surface area (Å²) in [5.41, 5.74) is 13.1. The summed E-state index contributed by atoms with van der Waals surface area (Å²) in [5.74, 6) is -0.910. The number of aromatic nitrogens is 5. The Labute approximate surface area is 631 Å². The van der Waals surface area contributed by atoms with E-state index in [9.17, 15) is 54.0 Å². The minimum absolute atomic E-state index is 0.00824. The number of benzene rings is 8. The summed E-state index contributed by atoms with van der Waals surface area (Å²) in [5, 5.41) is 63.7. The van der Waals surface area contributed by atoms with Crippen LogP contribution in [0, 0.1) is 0 Å². The summed E-state index contributed by atoms with van der Waals surface area (Å²) in [6, 6.07) is 65.9. The zero-order valence-electron chi connectivity index (χ0n) is 61.0. The van der Waals surface area contributed by atoms with Gasteiger partial charge in [-0.05, 0) is 114 Å². The standard InChI is InChI=1S/C22H25N3O3.C22H24N2O4.C21H23N3O3.C19H20N4O3/c1-23-21(27)12-11-17-15-24(20-10-6-5-9-19(17)20)16-22(28)25(13-14-26)18-7-3-2-4-8-18;25-14-13-24(18-6-2-1-3-7-18)22(28)15-23-12-11-20-17(5-4-8-21(20)23)9-10-19(27)16-26;1-16(22-27)13-17-14-23(20-10-6-5-9-19(17)20)15-21(26)24(11-12-25)18-7-3-2-4-8-18;1-20-19(26)15-8-5-9-16-18(15)21-13-22(16)12-17(25)23(10-11-24)14-6-3-2-4-7-14/h2-10,15,26H,11-14,16H2,1H3,(H,23,27);1-8,11-12,25-26H,9-10,13-16H2;2-10,14,22,25,27H,1,11-13,15H2;2-9,13,24H,10-12H2,1H3,(H,20,26). The van der Waals surface area contributed by atoms with Crippen molar-refractivity contribution in [3.05, 3.63) is 272 Å². The van der Waals surface area contributed by atoms with Crippen LogP contribution in [-0.4, -0.2) is 169 Å². The van der Waals surface area contributed by atoms with Gasteiger partial charge in [-0.2, -0.15) is 0 Å². The van der Waals surface area contributed by atoms with Crippen molar-refractivity contribution in [1.82, 2.24) is 39.4 Å². The lowest BCUT2D eigenvalue weighted by atomic mass is 10.0. The van der Waals surface area contributed by atoms with E-state index in [-0.39, 0.29) is 126 Å². The molecule has 25 heteroatoms. The third-order valence-electron chi connectivity index (χ3n) is 18.1. The largest absolute Gasteiger partial charge is 0.395 e. The van der Waals surface area contributed by atoms with Crippen LogP contribution in [0.2, 0.25) is 0 Å². The molecule has 0 radical (unpaired) electrons. The second kappa shape index (κ2) is 40.9. The highest BCUT2D eigenvalue weighted by molar-refractivity contribution is 6.05. The van der Waals surface area contributed by atoms with Crippen LogP contribution in [0.15, 0.2) is 250 Å². The summed E-state index contributed by atoms with van der Waals surface area (Å²) >= 11 is 0. The van der Waals surface area contributed by atoms with E-state index in [2.05, 4.69) is 27.7 Å². The molecule has 6 amide bonds. The Morgan fingerprint density at radius 1 is 0.413 bits per heavy atom. The van der Waals surface area contributed by atoms with Crippen molar-refractivity contribution in [3.63, 3.8) is 0 Å². The molecule has 0 bridgehead atoms. The van der Waals surface area contributed by atoms with Gasteiger partial charge in [-0.15, -0.1) is 0 Å². The molecule has 0 fully saturated rings. The number of hydrogen-bond donors (Lipinski definition) is 9. The Morgan fingerprint density at radius 3 is 1.25 bits per heavy atom. The van der Waals surface area contributed by atoms with Gasteiger partial charge in [0, 0.05) is 139 Å². The fourth-order valence-corrected chi connectivity index (χ4v) is 12.8. The summed E-state index contributed by atoms with van der Waals surface area (Å²) in [6.45, 7) is 4.30. The molecule has 4 heterocycles. The number of allylic oxidation sites excluding steroid dienone is 1. The summed E-state index contributed by atoms with van der Waals surface area (Å²) in [4.78, 5) is 97.3. The highest BCUT2D eigenvalue weighted by Crippen LogP contribution is 2.28. The van der Waals surface area contributed by atoms with E-state index in [1.807, 2.05) is 232 Å². The fraction of sp³-hybridized carbons (Fsp3) is 0.238. The monoisotopic (exact) mass is 1480 g/mol. The molecule has 25 nitrogen and oxygen atoms in total. The number of carbonyl (C=O) groups excluding carboxylic acids is 7. The van der Waals surface area contributed by atoms with Crippen LogP contribution in [0.5, 0.6) is 0 Å². The first-order valence-electron chi connectivity index (χ1n) is 35.7. The number of aliphatic hydroxyl groups excluding tert-OH is 5. The van der Waals surface area contributed by atoms with Crippen molar-refractivity contribution < 1.29 is 64.3 Å². The van der Waals surface area contributed by atoms with Crippen molar-refractivity contribution >= 4 is 108 Å². The number of anilines is 4. The number of hydrogen-bond acceptors (Lipinski definition) is 15. The van der Waals surface area contributed by atoms with Gasteiger partial charge in [0.15, 0.2) is 5.78 Å². The highest BCUT2D eigenvalue weighted by Gasteiger charge is 2.23. The molecule has 12 rings (SSSR count). The molecule has 0 unspecified atom stereocenters. The number of amides is 6. The number of imidazole rings is 1. The van der Waals surface area contributed by atoms with E-state index in [0.29, 0.717) is 48.0 Å². The van der Waals surface area contributed by atoms with E-state index >= 15 is 0 Å². The van der Waals surface area contributed by atoms with Crippen molar-refractivity contribution in [2.24, 2.45) is 0 Å². The molecule has 12 aromatic rings. The van der Waals surface area contributed by atoms with Crippen LogP contribution in [0.3, 0.4) is 0 Å². The first-order chi connectivity index (χ1) is 53.1. The number of carbonyl (C=O) groups is 7. The fourth-order valence-electron chi connectivity index (χ4n) is 12.8. The molecule has 566 valence electrons. The molecular weight excluding hydrogens is 1380 g/mol. The van der Waals surface area contributed by atoms with E-state index in [1.54, 1.807) is 51.8 Å². The summed E-state index contributed by atoms with van der Waals surface area (Å²) in [7, 11) is 3.19. The molecule has 0 aliphatic rings. The minimum atomic E-state index is -0.439. The SMILES string of the molecule is C=C(Cc1cn(CC(=O)N(CCO)c2ccccc2)c2ccccc12)NO.CNC(=O)CCc1cn(CC(=O)N(CCO)c2ccccc2)c2ccccc12.CNC(=O)c1cccc2c1ncn2CC(=O)N(CCO)c1ccccc1.O=C(CO)CCc1cccc2c1ccn2CC(=O)N(CCO)c1ccccc1. The molecule has 0 saturated heterocycles. The second-order valence-corrected chi connectivity index (χ2v) is 25.2. The maximum atomic E-state index is 13.0. The van der Waals surface area contributed by atoms with E-state index in [4.69, 9.17) is 10.3 Å².